The lowest BCUT2D eigenvalue weighted by Crippen LogP contribution is -2.49. The van der Waals surface area contributed by atoms with Crippen molar-refractivity contribution in [2.45, 2.75) is 25.3 Å². The minimum atomic E-state index is -3.34. The van der Waals surface area contributed by atoms with Crippen molar-refractivity contribution in [1.82, 2.24) is 19.7 Å². The Balaban J connectivity index is 1.52. The lowest BCUT2D eigenvalue weighted by atomic mass is 10.2. The molecule has 0 bridgehead atoms. The fourth-order valence-corrected chi connectivity index (χ4v) is 5.51. The van der Waals surface area contributed by atoms with Crippen molar-refractivity contribution in [2.75, 3.05) is 37.3 Å². The van der Waals surface area contributed by atoms with E-state index in [1.54, 1.807) is 16.8 Å². The average Bonchev–Trinajstić information content (AvgIpc) is 3.29. The maximum absolute atomic E-state index is 12.9. The zero-order chi connectivity index (χ0) is 20.8. The number of carbonyl (C=O) groups is 1. The number of anilines is 1. The highest BCUT2D eigenvalue weighted by atomic mass is 32.2. The lowest BCUT2D eigenvalue weighted by Gasteiger charge is -2.34. The largest absolute Gasteiger partial charge is 0.345 e. The third-order valence-electron chi connectivity index (χ3n) is 5.03. The number of aromatic nitrogens is 3. The monoisotopic (exact) mass is 433 g/mol. The number of sulfone groups is 1. The number of piperazine rings is 1. The van der Waals surface area contributed by atoms with Gasteiger partial charge in [-0.1, -0.05) is 17.4 Å². The van der Waals surface area contributed by atoms with Crippen molar-refractivity contribution in [2.24, 2.45) is 0 Å². The van der Waals surface area contributed by atoms with Crippen LogP contribution in [0.5, 0.6) is 0 Å². The van der Waals surface area contributed by atoms with Crippen molar-refractivity contribution >= 4 is 42.4 Å². The van der Waals surface area contributed by atoms with Crippen LogP contribution in [0.15, 0.2) is 29.2 Å². The lowest BCUT2D eigenvalue weighted by molar-refractivity contribution is 0.0734. The normalized spacial score (nSPS) is 15.3. The molecular formula is C19H23N5O3S2. The van der Waals surface area contributed by atoms with E-state index in [4.69, 9.17) is 0 Å². The first-order valence-electron chi connectivity index (χ1n) is 9.46. The first-order valence-corrected chi connectivity index (χ1v) is 12.2. The molecule has 29 heavy (non-hydrogen) atoms. The van der Waals surface area contributed by atoms with E-state index in [0.29, 0.717) is 43.9 Å². The highest BCUT2D eigenvalue weighted by molar-refractivity contribution is 7.91. The van der Waals surface area contributed by atoms with Gasteiger partial charge >= 0.3 is 0 Å². The zero-order valence-electron chi connectivity index (χ0n) is 16.6. The second-order valence-corrected chi connectivity index (χ2v) is 10.1. The molecular weight excluding hydrogens is 410 g/mol. The molecule has 1 amide bonds. The molecule has 10 heteroatoms. The van der Waals surface area contributed by atoms with Gasteiger partial charge in [-0.3, -0.25) is 9.48 Å². The summed E-state index contributed by atoms with van der Waals surface area (Å²) in [5.41, 5.74) is 1.98. The molecule has 1 fully saturated rings. The maximum Gasteiger partial charge on any atom is 0.272 e. The number of hydrogen-bond donors (Lipinski definition) is 0. The summed E-state index contributed by atoms with van der Waals surface area (Å²) in [6.45, 7) is 6.99. The summed E-state index contributed by atoms with van der Waals surface area (Å²) < 4.78 is 26.7. The molecule has 3 heterocycles. The van der Waals surface area contributed by atoms with E-state index in [0.717, 1.165) is 15.5 Å². The molecule has 1 aliphatic heterocycles. The van der Waals surface area contributed by atoms with Crippen molar-refractivity contribution in [3.05, 3.63) is 35.7 Å². The van der Waals surface area contributed by atoms with Crippen molar-refractivity contribution < 1.29 is 13.2 Å². The Labute approximate surface area is 173 Å². The molecule has 0 saturated carbocycles. The number of nitrogens with zero attached hydrogens (tertiary/aromatic N) is 5. The molecule has 154 valence electrons. The standard InChI is InChI=1S/C19H23N5O3S2/c1-4-24-14(12-13(2)21-24)18(25)22-8-10-23(11-9-22)19-20-17-15(28-19)6-5-7-16(17)29(3,26)27/h5-7,12H,4,8-11H2,1-3H3. The van der Waals surface area contributed by atoms with Crippen LogP contribution >= 0.6 is 11.3 Å². The number of hydrogen-bond acceptors (Lipinski definition) is 7. The number of fused-ring (bicyclic) bond motifs is 1. The van der Waals surface area contributed by atoms with Crippen molar-refractivity contribution in [3.63, 3.8) is 0 Å². The van der Waals surface area contributed by atoms with Crippen LogP contribution in [0.3, 0.4) is 0 Å². The van der Waals surface area contributed by atoms with E-state index in [2.05, 4.69) is 15.0 Å². The van der Waals surface area contributed by atoms with Crippen LogP contribution in [0.25, 0.3) is 10.2 Å². The van der Waals surface area contributed by atoms with Gasteiger partial charge in [-0.25, -0.2) is 13.4 Å². The fourth-order valence-electron chi connectivity index (χ4n) is 3.57. The van der Waals surface area contributed by atoms with Crippen LogP contribution < -0.4 is 4.90 Å². The van der Waals surface area contributed by atoms with Gasteiger partial charge in [-0.2, -0.15) is 5.10 Å². The summed E-state index contributed by atoms with van der Waals surface area (Å²) in [5, 5.41) is 5.15. The van der Waals surface area contributed by atoms with Gasteiger partial charge in [0.2, 0.25) is 0 Å². The van der Waals surface area contributed by atoms with Gasteiger partial charge in [0.1, 0.15) is 11.2 Å². The highest BCUT2D eigenvalue weighted by Gasteiger charge is 2.26. The van der Waals surface area contributed by atoms with E-state index in [9.17, 15) is 13.2 Å². The quantitative estimate of drug-likeness (QED) is 0.627. The number of carbonyl (C=O) groups excluding carboxylic acids is 1. The highest BCUT2D eigenvalue weighted by Crippen LogP contribution is 2.33. The predicted molar refractivity (Wildman–Crippen MR) is 113 cm³/mol. The van der Waals surface area contributed by atoms with Gasteiger partial charge in [0.25, 0.3) is 5.91 Å². The van der Waals surface area contributed by atoms with Crippen molar-refractivity contribution in [3.8, 4) is 0 Å². The Bertz CT molecular complexity index is 1170. The first-order chi connectivity index (χ1) is 13.8. The molecule has 8 nitrogen and oxygen atoms in total. The van der Waals surface area contributed by atoms with Crippen LogP contribution in [0.1, 0.15) is 23.1 Å². The molecule has 0 atom stereocenters. The third-order valence-corrected chi connectivity index (χ3v) is 7.24. The van der Waals surface area contributed by atoms with Crippen LogP contribution in [0.2, 0.25) is 0 Å². The van der Waals surface area contributed by atoms with E-state index < -0.39 is 9.84 Å². The number of rotatable bonds is 4. The molecule has 0 N–H and O–H groups in total. The number of benzene rings is 1. The van der Waals surface area contributed by atoms with Gasteiger partial charge in [0.05, 0.1) is 15.3 Å². The Morgan fingerprint density at radius 1 is 1.21 bits per heavy atom. The molecule has 0 spiro atoms. The van der Waals surface area contributed by atoms with Gasteiger partial charge in [0.15, 0.2) is 15.0 Å². The first kappa shape index (κ1) is 19.8. The number of aryl methyl sites for hydroxylation is 2. The second kappa shape index (κ2) is 7.42. The molecule has 1 saturated heterocycles. The molecule has 4 rings (SSSR count). The summed E-state index contributed by atoms with van der Waals surface area (Å²) in [6.07, 6.45) is 1.20. The summed E-state index contributed by atoms with van der Waals surface area (Å²) in [7, 11) is -3.34. The van der Waals surface area contributed by atoms with Crippen LogP contribution in [-0.4, -0.2) is 66.4 Å². The Morgan fingerprint density at radius 2 is 1.93 bits per heavy atom. The van der Waals surface area contributed by atoms with Crippen LogP contribution in [0, 0.1) is 6.92 Å². The second-order valence-electron chi connectivity index (χ2n) is 7.14. The summed E-state index contributed by atoms with van der Waals surface area (Å²) in [5.74, 6) is -0.00392. The minimum Gasteiger partial charge on any atom is -0.345 e. The smallest absolute Gasteiger partial charge is 0.272 e. The van der Waals surface area contributed by atoms with Crippen molar-refractivity contribution in [1.29, 1.82) is 0 Å². The van der Waals surface area contributed by atoms with Gasteiger partial charge in [-0.15, -0.1) is 0 Å². The number of para-hydroxylation sites is 1. The van der Waals surface area contributed by atoms with E-state index in [1.165, 1.54) is 17.6 Å². The molecule has 2 aromatic heterocycles. The van der Waals surface area contributed by atoms with Crippen LogP contribution in [0.4, 0.5) is 5.13 Å². The van der Waals surface area contributed by atoms with Gasteiger partial charge in [0, 0.05) is 39.0 Å². The van der Waals surface area contributed by atoms with Gasteiger partial charge in [-0.05, 0) is 32.0 Å². The van der Waals surface area contributed by atoms with Crippen LogP contribution in [-0.2, 0) is 16.4 Å². The van der Waals surface area contributed by atoms with E-state index in [1.807, 2.05) is 30.9 Å². The molecule has 3 aromatic rings. The minimum absolute atomic E-state index is 0.00392. The number of thiazole rings is 1. The van der Waals surface area contributed by atoms with E-state index >= 15 is 0 Å². The topological polar surface area (TPSA) is 88.4 Å². The predicted octanol–water partition coefficient (Wildman–Crippen LogP) is 2.19. The van der Waals surface area contributed by atoms with E-state index in [-0.39, 0.29) is 10.8 Å². The average molecular weight is 434 g/mol. The fraction of sp³-hybridized carbons (Fsp3) is 0.421. The summed E-state index contributed by atoms with van der Waals surface area (Å²) >= 11 is 1.48. The number of amides is 1. The third kappa shape index (κ3) is 3.74. The Hall–Kier alpha value is -2.46. The molecule has 1 aliphatic rings. The summed E-state index contributed by atoms with van der Waals surface area (Å²) in [6, 6.07) is 7.06. The molecule has 0 unspecified atom stereocenters. The zero-order valence-corrected chi connectivity index (χ0v) is 18.3. The Kier molecular flexibility index (Phi) is 5.07. The molecule has 0 aliphatic carbocycles. The SMILES string of the molecule is CCn1nc(C)cc1C(=O)N1CCN(c2nc3c(S(C)(=O)=O)cccc3s2)CC1. The van der Waals surface area contributed by atoms with Gasteiger partial charge < -0.3 is 9.80 Å². The summed E-state index contributed by atoms with van der Waals surface area (Å²) in [4.78, 5) is 21.7. The maximum atomic E-state index is 12.9. The Morgan fingerprint density at radius 3 is 2.59 bits per heavy atom. The molecule has 0 radical (unpaired) electrons. The molecule has 1 aromatic carbocycles.